The monoisotopic (exact) mass is 342 g/mol. The van der Waals surface area contributed by atoms with Crippen molar-refractivity contribution in [1.82, 2.24) is 0 Å². The number of hydrogen-bond donors (Lipinski definition) is 0. The van der Waals surface area contributed by atoms with Crippen molar-refractivity contribution in [3.05, 3.63) is 65.2 Å². The fourth-order valence-electron chi connectivity index (χ4n) is 2.94. The standard InChI is InChI=1S/C17H11ClN2O2S/c18-13-6-8-14(9-7-13)23(21,22)16-15(17(16,10-19)11-20)12-4-2-1-3-5-12/h1-9,15-16H/t15-,16-/m0/s1. The smallest absolute Gasteiger partial charge is 0.184 e. The molecule has 1 aliphatic rings. The summed E-state index contributed by atoms with van der Waals surface area (Å²) in [6.07, 6.45) is 0. The van der Waals surface area contributed by atoms with E-state index in [1.165, 1.54) is 24.3 Å². The van der Waals surface area contributed by atoms with Crippen LogP contribution in [0.3, 0.4) is 0 Å². The maximum atomic E-state index is 12.9. The van der Waals surface area contributed by atoms with E-state index in [1.54, 1.807) is 30.3 Å². The minimum atomic E-state index is -3.82. The van der Waals surface area contributed by atoms with Crippen LogP contribution < -0.4 is 0 Å². The van der Waals surface area contributed by atoms with E-state index < -0.39 is 26.4 Å². The second kappa shape index (κ2) is 5.38. The molecule has 1 saturated carbocycles. The molecule has 114 valence electrons. The molecule has 1 aliphatic carbocycles. The van der Waals surface area contributed by atoms with Crippen molar-refractivity contribution in [2.24, 2.45) is 5.41 Å². The van der Waals surface area contributed by atoms with Crippen LogP contribution in [0.15, 0.2) is 59.5 Å². The van der Waals surface area contributed by atoms with E-state index in [0.717, 1.165) is 0 Å². The third kappa shape index (κ3) is 2.30. The van der Waals surface area contributed by atoms with Gasteiger partial charge in [0.2, 0.25) is 0 Å². The summed E-state index contributed by atoms with van der Waals surface area (Å²) in [5.41, 5.74) is -0.877. The van der Waals surface area contributed by atoms with Gasteiger partial charge in [0.1, 0.15) is 5.25 Å². The fraction of sp³-hybridized carbons (Fsp3) is 0.176. The maximum absolute atomic E-state index is 12.9. The Bertz CT molecular complexity index is 911. The van der Waals surface area contributed by atoms with E-state index in [1.807, 2.05) is 12.1 Å². The highest BCUT2D eigenvalue weighted by Crippen LogP contribution is 2.63. The molecule has 0 aliphatic heterocycles. The number of nitriles is 2. The Labute approximate surface area is 139 Å². The van der Waals surface area contributed by atoms with Crippen LogP contribution in [0.25, 0.3) is 0 Å². The van der Waals surface area contributed by atoms with Crippen LogP contribution in [0.1, 0.15) is 11.5 Å². The van der Waals surface area contributed by atoms with Gasteiger partial charge in [-0.1, -0.05) is 41.9 Å². The van der Waals surface area contributed by atoms with Crippen LogP contribution in [0, 0.1) is 28.1 Å². The molecule has 0 amide bonds. The molecule has 0 N–H and O–H groups in total. The number of sulfone groups is 1. The highest BCUT2D eigenvalue weighted by atomic mass is 35.5. The van der Waals surface area contributed by atoms with Crippen molar-refractivity contribution in [1.29, 1.82) is 10.5 Å². The second-order valence-electron chi connectivity index (χ2n) is 5.40. The molecule has 2 aromatic rings. The summed E-state index contributed by atoms with van der Waals surface area (Å²) in [4.78, 5) is 0.0696. The van der Waals surface area contributed by atoms with Crippen LogP contribution in [0.5, 0.6) is 0 Å². The van der Waals surface area contributed by atoms with Crippen LogP contribution in [-0.2, 0) is 9.84 Å². The zero-order chi connectivity index (χ0) is 16.7. The number of halogens is 1. The van der Waals surface area contributed by atoms with Crippen LogP contribution >= 0.6 is 11.6 Å². The van der Waals surface area contributed by atoms with Crippen molar-refractivity contribution < 1.29 is 8.42 Å². The molecule has 3 rings (SSSR count). The van der Waals surface area contributed by atoms with Gasteiger partial charge in [-0.25, -0.2) is 8.42 Å². The third-order valence-electron chi connectivity index (χ3n) is 4.14. The molecule has 0 unspecified atom stereocenters. The van der Waals surface area contributed by atoms with Crippen LogP contribution in [0.2, 0.25) is 5.02 Å². The van der Waals surface area contributed by atoms with Crippen molar-refractivity contribution in [3.8, 4) is 12.1 Å². The molecule has 4 nitrogen and oxygen atoms in total. The molecule has 0 spiro atoms. The van der Waals surface area contributed by atoms with E-state index in [4.69, 9.17) is 11.6 Å². The van der Waals surface area contributed by atoms with E-state index in [9.17, 15) is 18.9 Å². The Morgan fingerprint density at radius 1 is 0.957 bits per heavy atom. The quantitative estimate of drug-likeness (QED) is 0.856. The molecule has 1 fully saturated rings. The lowest BCUT2D eigenvalue weighted by Gasteiger charge is -2.04. The van der Waals surface area contributed by atoms with Gasteiger partial charge in [0.25, 0.3) is 0 Å². The molecule has 0 saturated heterocycles. The first-order valence-corrected chi connectivity index (χ1v) is 8.77. The molecule has 23 heavy (non-hydrogen) atoms. The second-order valence-corrected chi connectivity index (χ2v) is 7.91. The lowest BCUT2D eigenvalue weighted by atomic mass is 10.0. The summed E-state index contributed by atoms with van der Waals surface area (Å²) in [6.45, 7) is 0. The maximum Gasteiger partial charge on any atom is 0.184 e. The zero-order valence-electron chi connectivity index (χ0n) is 11.8. The van der Waals surface area contributed by atoms with Crippen molar-refractivity contribution in [2.45, 2.75) is 16.1 Å². The summed E-state index contributed by atoms with van der Waals surface area (Å²) in [7, 11) is -3.82. The van der Waals surface area contributed by atoms with E-state index in [-0.39, 0.29) is 4.90 Å². The highest BCUT2D eigenvalue weighted by Gasteiger charge is 2.73. The van der Waals surface area contributed by atoms with Crippen molar-refractivity contribution in [2.75, 3.05) is 0 Å². The predicted molar refractivity (Wildman–Crippen MR) is 85.3 cm³/mol. The van der Waals surface area contributed by atoms with Gasteiger partial charge in [0.05, 0.1) is 17.0 Å². The molecular weight excluding hydrogens is 332 g/mol. The Balaban J connectivity index is 2.10. The number of rotatable bonds is 3. The third-order valence-corrected chi connectivity index (χ3v) is 6.63. The Kier molecular flexibility index (Phi) is 3.64. The summed E-state index contributed by atoms with van der Waals surface area (Å²) >= 11 is 5.79. The van der Waals surface area contributed by atoms with Gasteiger partial charge in [-0.2, -0.15) is 10.5 Å². The highest BCUT2D eigenvalue weighted by molar-refractivity contribution is 7.92. The van der Waals surface area contributed by atoms with Gasteiger partial charge < -0.3 is 0 Å². The number of benzene rings is 2. The molecule has 0 aromatic heterocycles. The summed E-state index contributed by atoms with van der Waals surface area (Å²) in [6, 6.07) is 18.4. The van der Waals surface area contributed by atoms with Crippen molar-refractivity contribution in [3.63, 3.8) is 0 Å². The molecule has 2 aromatic carbocycles. The van der Waals surface area contributed by atoms with Gasteiger partial charge in [-0.05, 0) is 29.8 Å². The minimum absolute atomic E-state index is 0.0696. The summed E-state index contributed by atoms with van der Waals surface area (Å²) in [5.74, 6) is -0.653. The van der Waals surface area contributed by atoms with E-state index >= 15 is 0 Å². The normalized spacial score (nSPS) is 21.9. The lowest BCUT2D eigenvalue weighted by Crippen LogP contribution is -2.14. The predicted octanol–water partition coefficient (Wildman–Crippen LogP) is 3.31. The van der Waals surface area contributed by atoms with Crippen molar-refractivity contribution >= 4 is 21.4 Å². The van der Waals surface area contributed by atoms with Gasteiger partial charge in [-0.3, -0.25) is 0 Å². The Morgan fingerprint density at radius 3 is 2.04 bits per heavy atom. The molecule has 2 atom stereocenters. The molecule has 0 heterocycles. The Hall–Kier alpha value is -2.34. The largest absolute Gasteiger partial charge is 0.223 e. The Morgan fingerprint density at radius 2 is 1.52 bits per heavy atom. The molecular formula is C17H11ClN2O2S. The first kappa shape index (κ1) is 15.6. The number of hydrogen-bond acceptors (Lipinski definition) is 4. The zero-order valence-corrected chi connectivity index (χ0v) is 13.4. The lowest BCUT2D eigenvalue weighted by molar-refractivity contribution is 0.591. The van der Waals surface area contributed by atoms with Gasteiger partial charge >= 0.3 is 0 Å². The molecule has 0 bridgehead atoms. The van der Waals surface area contributed by atoms with Crippen LogP contribution in [0.4, 0.5) is 0 Å². The van der Waals surface area contributed by atoms with Gasteiger partial charge in [-0.15, -0.1) is 0 Å². The van der Waals surface area contributed by atoms with E-state index in [0.29, 0.717) is 10.6 Å². The first-order chi connectivity index (χ1) is 11.0. The SMILES string of the molecule is N#CC1(C#N)[C@@H](c2ccccc2)[C@@H]1S(=O)(=O)c1ccc(Cl)cc1. The average molecular weight is 343 g/mol. The van der Waals surface area contributed by atoms with Gasteiger partial charge in [0, 0.05) is 10.9 Å². The average Bonchev–Trinajstić information content (AvgIpc) is 3.27. The summed E-state index contributed by atoms with van der Waals surface area (Å²) in [5, 5.41) is 18.3. The first-order valence-electron chi connectivity index (χ1n) is 6.84. The van der Waals surface area contributed by atoms with Gasteiger partial charge in [0.15, 0.2) is 15.3 Å². The fourth-order valence-corrected chi connectivity index (χ4v) is 5.27. The molecule has 6 heteroatoms. The van der Waals surface area contributed by atoms with E-state index in [2.05, 4.69) is 0 Å². The topological polar surface area (TPSA) is 81.7 Å². The number of nitrogens with zero attached hydrogens (tertiary/aromatic N) is 2. The minimum Gasteiger partial charge on any atom is -0.223 e. The van der Waals surface area contributed by atoms with Crippen LogP contribution in [-0.4, -0.2) is 13.7 Å². The molecule has 0 radical (unpaired) electrons. The summed E-state index contributed by atoms with van der Waals surface area (Å²) < 4.78 is 25.8.